The maximum atomic E-state index is 15.3. The van der Waals surface area contributed by atoms with Crippen molar-refractivity contribution < 1.29 is 30.8 Å². The molecule has 47 heavy (non-hydrogen) atoms. The first-order chi connectivity index (χ1) is 22.1. The van der Waals surface area contributed by atoms with Gasteiger partial charge in [-0.15, -0.1) is 0 Å². The van der Waals surface area contributed by atoms with Crippen molar-refractivity contribution in [2.45, 2.75) is 42.9 Å². The van der Waals surface area contributed by atoms with Crippen molar-refractivity contribution in [3.8, 4) is 16.9 Å². The summed E-state index contributed by atoms with van der Waals surface area (Å²) in [6.07, 6.45) is -0.202. The number of benzene rings is 1. The van der Waals surface area contributed by atoms with E-state index in [1.165, 1.54) is 18.3 Å². The van der Waals surface area contributed by atoms with E-state index in [-0.39, 0.29) is 59.0 Å². The summed E-state index contributed by atoms with van der Waals surface area (Å²) in [5.41, 5.74) is -3.85. The van der Waals surface area contributed by atoms with Gasteiger partial charge in [-0.3, -0.25) is 4.79 Å². The first-order valence-electron chi connectivity index (χ1n) is 14.5. The fourth-order valence-electron chi connectivity index (χ4n) is 5.97. The Kier molecular flexibility index (Phi) is 8.11. The Balaban J connectivity index is 1.71. The molecule has 1 saturated heterocycles. The van der Waals surface area contributed by atoms with Crippen LogP contribution in [0, 0.1) is 5.82 Å². The summed E-state index contributed by atoms with van der Waals surface area (Å²) in [4.78, 5) is 42.5. The minimum atomic E-state index is -5.00. The Morgan fingerprint density at radius 2 is 1.87 bits per heavy atom. The number of nitrogens with zero attached hydrogens (tertiary/aromatic N) is 6. The highest BCUT2D eigenvalue weighted by Crippen LogP contribution is 2.45. The Hall–Kier alpha value is -4.37. The van der Waals surface area contributed by atoms with Gasteiger partial charge in [0.1, 0.15) is 11.6 Å². The number of halogens is 5. The summed E-state index contributed by atoms with van der Waals surface area (Å²) < 4.78 is 84.7. The van der Waals surface area contributed by atoms with E-state index in [0.29, 0.717) is 24.5 Å². The molecule has 0 spiro atoms. The minimum absolute atomic E-state index is 0.0581. The second-order valence-electron chi connectivity index (χ2n) is 11.5. The number of alkyl halides is 3. The molecular formula is C31H27ClF4N6O4S. The lowest BCUT2D eigenvalue weighted by molar-refractivity contribution is -0.137. The molecule has 1 saturated carbocycles. The second-order valence-corrected chi connectivity index (χ2v) is 13.9. The molecule has 1 aromatic carbocycles. The van der Waals surface area contributed by atoms with Crippen LogP contribution in [0.25, 0.3) is 28.0 Å². The van der Waals surface area contributed by atoms with E-state index >= 15 is 4.39 Å². The highest BCUT2D eigenvalue weighted by atomic mass is 35.5. The van der Waals surface area contributed by atoms with Gasteiger partial charge in [0.05, 0.1) is 27.4 Å². The summed E-state index contributed by atoms with van der Waals surface area (Å²) in [5, 5.41) is -0.736. The number of hydrogen-bond donors (Lipinski definition) is 0. The Morgan fingerprint density at radius 1 is 1.15 bits per heavy atom. The number of carbonyl (C=O) groups excluding carboxylic acids is 1. The molecule has 0 radical (unpaired) electrons. The SMILES string of the molecule is C=CC(=O)N1CCN(c2nc(=O)n(-c3c(C4CC4)ccnc3S(C)(=O)=O)c3nc(-c4c(F)cccc4C(F)(F)F)c(Cl)cc23)[C@@H](C)C1. The zero-order chi connectivity index (χ0) is 34.0. The maximum absolute atomic E-state index is 15.3. The predicted molar refractivity (Wildman–Crippen MR) is 167 cm³/mol. The smallest absolute Gasteiger partial charge is 0.350 e. The van der Waals surface area contributed by atoms with Crippen molar-refractivity contribution in [2.24, 2.45) is 0 Å². The molecule has 2 fully saturated rings. The van der Waals surface area contributed by atoms with Crippen LogP contribution in [0.5, 0.6) is 0 Å². The van der Waals surface area contributed by atoms with E-state index in [1.54, 1.807) is 22.8 Å². The molecule has 1 amide bonds. The zero-order valence-electron chi connectivity index (χ0n) is 25.1. The normalized spacial score (nSPS) is 17.3. The van der Waals surface area contributed by atoms with Gasteiger partial charge in [-0.25, -0.2) is 32.1 Å². The molecule has 10 nitrogen and oxygen atoms in total. The Morgan fingerprint density at radius 3 is 2.49 bits per heavy atom. The molecule has 1 aliphatic carbocycles. The Labute approximate surface area is 271 Å². The lowest BCUT2D eigenvalue weighted by atomic mass is 10.0. The summed E-state index contributed by atoms with van der Waals surface area (Å²) in [5.74, 6) is -1.62. The molecule has 1 aliphatic heterocycles. The molecule has 6 rings (SSSR count). The molecule has 3 aromatic heterocycles. The number of hydrogen-bond acceptors (Lipinski definition) is 8. The van der Waals surface area contributed by atoms with Gasteiger partial charge in [0, 0.05) is 43.7 Å². The average Bonchev–Trinajstić information content (AvgIpc) is 3.85. The predicted octanol–water partition coefficient (Wildman–Crippen LogP) is 5.16. The standard InChI is InChI=1S/C31H27ClF4N6O4S/c1-4-23(43)40-12-13-41(16(2)15-40)27-19-14-21(32)25(24-20(31(34,35)36)6-5-7-22(24)33)38-28(19)42(30(44)39-27)26-18(17-8-9-17)10-11-37-29(26)47(3,45)46/h4-7,10-11,14,16-17H,1,8-9,12-13,15H2,2-3H3/t16-/m0/s1. The largest absolute Gasteiger partial charge is 0.417 e. The molecule has 4 aromatic rings. The molecule has 16 heteroatoms. The van der Waals surface area contributed by atoms with Gasteiger partial charge >= 0.3 is 11.9 Å². The van der Waals surface area contributed by atoms with Crippen LogP contribution in [0.15, 0.2) is 59.0 Å². The molecule has 246 valence electrons. The molecule has 0 unspecified atom stereocenters. The Bertz CT molecular complexity index is 2140. The fourth-order valence-corrected chi connectivity index (χ4v) is 7.03. The quantitative estimate of drug-likeness (QED) is 0.201. The van der Waals surface area contributed by atoms with Crippen molar-refractivity contribution in [3.63, 3.8) is 0 Å². The number of piperazine rings is 1. The number of anilines is 1. The van der Waals surface area contributed by atoms with Crippen molar-refractivity contribution >= 4 is 44.2 Å². The number of aromatic nitrogens is 4. The number of amides is 1. The van der Waals surface area contributed by atoms with Gasteiger partial charge < -0.3 is 9.80 Å². The van der Waals surface area contributed by atoms with Gasteiger partial charge in [0.2, 0.25) is 5.91 Å². The first-order valence-corrected chi connectivity index (χ1v) is 16.8. The summed E-state index contributed by atoms with van der Waals surface area (Å²) in [6, 6.07) is 4.82. The van der Waals surface area contributed by atoms with Crippen LogP contribution in [0.3, 0.4) is 0 Å². The first kappa shape index (κ1) is 32.6. The minimum Gasteiger partial charge on any atom is -0.350 e. The van der Waals surface area contributed by atoms with Crippen molar-refractivity contribution in [2.75, 3.05) is 30.8 Å². The maximum Gasteiger partial charge on any atom is 0.417 e. The zero-order valence-corrected chi connectivity index (χ0v) is 26.6. The number of sulfone groups is 1. The van der Waals surface area contributed by atoms with Crippen molar-refractivity contribution in [1.82, 2.24) is 24.4 Å². The number of fused-ring (bicyclic) bond motifs is 1. The highest BCUT2D eigenvalue weighted by molar-refractivity contribution is 7.90. The van der Waals surface area contributed by atoms with Crippen LogP contribution in [0.2, 0.25) is 5.02 Å². The van der Waals surface area contributed by atoms with E-state index in [9.17, 15) is 31.2 Å². The number of pyridine rings is 2. The molecule has 0 bridgehead atoms. The lowest BCUT2D eigenvalue weighted by Gasteiger charge is -2.40. The third-order valence-corrected chi connectivity index (χ3v) is 9.55. The van der Waals surface area contributed by atoms with Crippen LogP contribution in [0.1, 0.15) is 36.8 Å². The number of rotatable bonds is 6. The third-order valence-electron chi connectivity index (χ3n) is 8.26. The van der Waals surface area contributed by atoms with E-state index in [0.717, 1.165) is 23.0 Å². The van der Waals surface area contributed by atoms with Crippen molar-refractivity contribution in [1.29, 1.82) is 0 Å². The second kappa shape index (κ2) is 11.7. The van der Waals surface area contributed by atoms with Crippen LogP contribution in [-0.2, 0) is 20.8 Å². The van der Waals surface area contributed by atoms with Crippen LogP contribution in [-0.4, -0.2) is 70.7 Å². The van der Waals surface area contributed by atoms with Gasteiger partial charge in [-0.1, -0.05) is 24.2 Å². The topological polar surface area (TPSA) is 118 Å². The lowest BCUT2D eigenvalue weighted by Crippen LogP contribution is -2.54. The molecule has 2 aliphatic rings. The monoisotopic (exact) mass is 690 g/mol. The molecule has 4 heterocycles. The summed E-state index contributed by atoms with van der Waals surface area (Å²) in [6.45, 7) is 5.97. The van der Waals surface area contributed by atoms with Crippen LogP contribution < -0.4 is 10.6 Å². The van der Waals surface area contributed by atoms with Gasteiger partial charge in [0.15, 0.2) is 20.5 Å². The third kappa shape index (κ3) is 5.86. The van der Waals surface area contributed by atoms with Gasteiger partial charge in [-0.05, 0) is 61.6 Å². The van der Waals surface area contributed by atoms with Gasteiger partial charge in [0.25, 0.3) is 0 Å². The molecular weight excluding hydrogens is 664 g/mol. The molecule has 1 atom stereocenters. The van der Waals surface area contributed by atoms with Crippen LogP contribution in [0.4, 0.5) is 23.4 Å². The number of carbonyl (C=O) groups is 1. The fraction of sp³-hybridized carbons (Fsp3) is 0.323. The highest BCUT2D eigenvalue weighted by Gasteiger charge is 2.38. The van der Waals surface area contributed by atoms with E-state index in [1.807, 2.05) is 0 Å². The van der Waals surface area contributed by atoms with E-state index < -0.39 is 55.4 Å². The van der Waals surface area contributed by atoms with E-state index in [2.05, 4.69) is 21.5 Å². The summed E-state index contributed by atoms with van der Waals surface area (Å²) in [7, 11) is -4.07. The molecule has 0 N–H and O–H groups in total. The van der Waals surface area contributed by atoms with E-state index in [4.69, 9.17) is 11.6 Å². The summed E-state index contributed by atoms with van der Waals surface area (Å²) >= 11 is 6.59. The average molecular weight is 691 g/mol. The van der Waals surface area contributed by atoms with Gasteiger partial charge in [-0.2, -0.15) is 18.2 Å². The van der Waals surface area contributed by atoms with Crippen molar-refractivity contribution in [3.05, 3.63) is 81.6 Å². The van der Waals surface area contributed by atoms with Crippen LogP contribution >= 0.6 is 11.6 Å².